The first-order valence-electron chi connectivity index (χ1n) is 15.5. The lowest BCUT2D eigenvalue weighted by Crippen LogP contribution is -2.63. The van der Waals surface area contributed by atoms with Gasteiger partial charge in [-0.1, -0.05) is 27.4 Å². The summed E-state index contributed by atoms with van der Waals surface area (Å²) in [5.74, 6) is -2.59. The van der Waals surface area contributed by atoms with Crippen molar-refractivity contribution < 1.29 is 61.4 Å². The van der Waals surface area contributed by atoms with E-state index < -0.39 is 88.6 Å². The average Bonchev–Trinajstić information content (AvgIpc) is 3.09. The molecule has 0 aromatic carbocycles. The molecule has 14 heteroatoms. The second-order valence-corrected chi connectivity index (χ2v) is 15.3. The lowest BCUT2D eigenvalue weighted by atomic mass is 9.43. The average molecular weight is 647 g/mol. The smallest absolute Gasteiger partial charge is 0.397 e. The molecular weight excluding hydrogens is 600 g/mol. The van der Waals surface area contributed by atoms with Crippen LogP contribution in [0, 0.1) is 40.4 Å². The number of aliphatic carboxylic acids is 1. The maximum atomic E-state index is 12.8. The van der Waals surface area contributed by atoms with Crippen LogP contribution in [0.5, 0.6) is 0 Å². The lowest BCUT2D eigenvalue weighted by Gasteiger charge is -2.62. The number of aliphatic hydroxyl groups is 3. The normalized spacial score (nSPS) is 45.5. The molecule has 5 rings (SSSR count). The highest BCUT2D eigenvalue weighted by atomic mass is 32.3. The van der Waals surface area contributed by atoms with E-state index in [2.05, 4.69) is 13.5 Å². The molecule has 0 aromatic heterocycles. The Kier molecular flexibility index (Phi) is 9.33. The van der Waals surface area contributed by atoms with Gasteiger partial charge in [0, 0.05) is 11.8 Å². The van der Waals surface area contributed by atoms with Gasteiger partial charge < -0.3 is 34.6 Å². The van der Waals surface area contributed by atoms with E-state index in [0.29, 0.717) is 19.3 Å². The molecule has 0 aromatic rings. The molecular formula is C30H46O13S. The molecule has 0 unspecified atom stereocenters. The van der Waals surface area contributed by atoms with Crippen LogP contribution in [0.25, 0.3) is 0 Å². The summed E-state index contributed by atoms with van der Waals surface area (Å²) < 4.78 is 55.4. The van der Waals surface area contributed by atoms with Gasteiger partial charge in [-0.3, -0.25) is 14.1 Å². The van der Waals surface area contributed by atoms with E-state index in [-0.39, 0.29) is 36.5 Å². The summed E-state index contributed by atoms with van der Waals surface area (Å²) in [7, 11) is -5.16. The Morgan fingerprint density at radius 3 is 2.45 bits per heavy atom. The first-order valence-corrected chi connectivity index (χ1v) is 16.9. The first kappa shape index (κ1) is 33.7. The van der Waals surface area contributed by atoms with Crippen molar-refractivity contribution in [2.75, 3.05) is 6.61 Å². The van der Waals surface area contributed by atoms with Gasteiger partial charge in [0.25, 0.3) is 0 Å². The first-order chi connectivity index (χ1) is 20.5. The maximum absolute atomic E-state index is 12.8. The Bertz CT molecular complexity index is 1240. The molecule has 1 aliphatic heterocycles. The molecule has 0 amide bonds. The molecule has 13 atom stereocenters. The van der Waals surface area contributed by atoms with Crippen LogP contribution in [0.3, 0.4) is 0 Å². The topological polar surface area (TPSA) is 206 Å². The number of carbonyl (C=O) groups excluding carboxylic acids is 1. The molecule has 44 heavy (non-hydrogen) atoms. The second kappa shape index (κ2) is 12.2. The predicted octanol–water partition coefficient (Wildman–Crippen LogP) is 1.84. The molecule has 0 radical (unpaired) electrons. The zero-order chi connectivity index (χ0) is 32.4. The number of hydrogen-bond acceptors (Lipinski definition) is 11. The van der Waals surface area contributed by atoms with Crippen LogP contribution in [0.15, 0.2) is 12.2 Å². The van der Waals surface area contributed by atoms with Gasteiger partial charge in [-0.05, 0) is 79.6 Å². The van der Waals surface area contributed by atoms with E-state index in [1.165, 1.54) is 0 Å². The third-order valence-electron chi connectivity index (χ3n) is 11.3. The molecule has 1 heterocycles. The number of carbonyl (C=O) groups is 2. The molecule has 1 spiro atoms. The van der Waals surface area contributed by atoms with E-state index in [1.807, 2.05) is 0 Å². The Morgan fingerprint density at radius 1 is 1.14 bits per heavy atom. The summed E-state index contributed by atoms with van der Waals surface area (Å²) >= 11 is 0. The monoisotopic (exact) mass is 646 g/mol. The van der Waals surface area contributed by atoms with E-state index in [4.69, 9.17) is 18.4 Å². The molecule has 4 aliphatic carbocycles. The van der Waals surface area contributed by atoms with Gasteiger partial charge in [0.1, 0.15) is 18.3 Å². The van der Waals surface area contributed by atoms with Crippen molar-refractivity contribution in [2.24, 2.45) is 40.4 Å². The standard InChI is InChI=1S/C30H46O13S/c1-14(2)9-22(32)42-25-24(43-44(37,38)39)23(33)20(13-31)41-28(25)40-17-10-18(27(35)36)19-7-8-30-11-16(15(3)26(30)34)5-6-21(30)29(19,4)12-17/h14,16-21,23-26,28,31,33-34H,3,5-13H2,1-2,4H3,(H,35,36)(H,37,38,39)/t16-,17-,18-,19-,20-,21+,23-,24+,25-,26+,28-,29-,30-/m1/s1. The van der Waals surface area contributed by atoms with Gasteiger partial charge in [-0.2, -0.15) is 8.42 Å². The molecule has 1 saturated heterocycles. The number of carboxylic acid groups (broad SMARTS) is 1. The van der Waals surface area contributed by atoms with Gasteiger partial charge in [-0.15, -0.1) is 0 Å². The van der Waals surface area contributed by atoms with Crippen LogP contribution >= 0.6 is 0 Å². The predicted molar refractivity (Wildman–Crippen MR) is 152 cm³/mol. The summed E-state index contributed by atoms with van der Waals surface area (Å²) in [6, 6.07) is 0. The third-order valence-corrected chi connectivity index (χ3v) is 11.8. The Morgan fingerprint density at radius 2 is 1.84 bits per heavy atom. The third kappa shape index (κ3) is 5.96. The van der Waals surface area contributed by atoms with E-state index >= 15 is 0 Å². The zero-order valence-electron chi connectivity index (χ0n) is 25.4. The SMILES string of the molecule is C=C1[C@@H]2CC[C@H]3[C@]4(C)C[C@H](O[C@@H]5O[C@H](CO)[C@@H](O)[C@H](OS(=O)(=O)O)[C@H]5OC(=O)CC(C)C)C[C@@H](C(=O)O)[C@H]4CC[C@]3(C2)[C@H]1O. The van der Waals surface area contributed by atoms with Crippen molar-refractivity contribution in [3.05, 3.63) is 12.2 Å². The molecule has 250 valence electrons. The van der Waals surface area contributed by atoms with Gasteiger partial charge in [0.15, 0.2) is 12.4 Å². The van der Waals surface area contributed by atoms with Gasteiger partial charge in [0.2, 0.25) is 0 Å². The zero-order valence-corrected chi connectivity index (χ0v) is 26.2. The van der Waals surface area contributed by atoms with Crippen LogP contribution in [0.4, 0.5) is 0 Å². The minimum atomic E-state index is -5.16. The number of hydrogen-bond donors (Lipinski definition) is 5. The van der Waals surface area contributed by atoms with E-state index in [0.717, 1.165) is 24.8 Å². The minimum absolute atomic E-state index is 0.00191. The highest BCUT2D eigenvalue weighted by Gasteiger charge is 2.67. The minimum Gasteiger partial charge on any atom is -0.481 e. The van der Waals surface area contributed by atoms with Crippen molar-refractivity contribution in [1.29, 1.82) is 0 Å². The van der Waals surface area contributed by atoms with Crippen molar-refractivity contribution in [1.82, 2.24) is 0 Å². The fourth-order valence-corrected chi connectivity index (χ4v) is 10.1. The fraction of sp³-hybridized carbons (Fsp3) is 0.867. The summed E-state index contributed by atoms with van der Waals surface area (Å²) in [4.78, 5) is 25.4. The molecule has 4 saturated carbocycles. The number of fused-ring (bicyclic) bond motifs is 3. The Hall–Kier alpha value is -1.65. The van der Waals surface area contributed by atoms with E-state index in [1.54, 1.807) is 13.8 Å². The summed E-state index contributed by atoms with van der Waals surface area (Å²) in [6.45, 7) is 9.00. The summed E-state index contributed by atoms with van der Waals surface area (Å²) in [6.07, 6.45) is -5.58. The van der Waals surface area contributed by atoms with Crippen LogP contribution in [-0.4, -0.2) is 94.9 Å². The molecule has 5 aliphatic rings. The molecule has 5 N–H and O–H groups in total. The molecule has 2 bridgehead atoms. The lowest BCUT2D eigenvalue weighted by molar-refractivity contribution is -0.319. The second-order valence-electron chi connectivity index (χ2n) is 14.3. The summed E-state index contributed by atoms with van der Waals surface area (Å²) in [5, 5.41) is 42.5. The molecule has 13 nitrogen and oxygen atoms in total. The van der Waals surface area contributed by atoms with Crippen molar-refractivity contribution in [3.63, 3.8) is 0 Å². The van der Waals surface area contributed by atoms with Crippen LogP contribution in [0.2, 0.25) is 0 Å². The number of esters is 1. The van der Waals surface area contributed by atoms with Crippen LogP contribution < -0.4 is 0 Å². The highest BCUT2D eigenvalue weighted by Crippen LogP contribution is 2.70. The number of carboxylic acids is 1. The van der Waals surface area contributed by atoms with Gasteiger partial charge >= 0.3 is 22.3 Å². The number of ether oxygens (including phenoxy) is 3. The molecule has 5 fully saturated rings. The summed E-state index contributed by atoms with van der Waals surface area (Å²) in [5.41, 5.74) is -0.0972. The van der Waals surface area contributed by atoms with E-state index in [9.17, 15) is 43.0 Å². The van der Waals surface area contributed by atoms with Gasteiger partial charge in [0.05, 0.1) is 24.7 Å². The maximum Gasteiger partial charge on any atom is 0.397 e. The van der Waals surface area contributed by atoms with Crippen molar-refractivity contribution >= 4 is 22.3 Å². The quantitative estimate of drug-likeness (QED) is 0.105. The largest absolute Gasteiger partial charge is 0.481 e. The number of aliphatic hydroxyl groups excluding tert-OH is 3. The van der Waals surface area contributed by atoms with Crippen LogP contribution in [-0.2, 0) is 38.4 Å². The van der Waals surface area contributed by atoms with Crippen molar-refractivity contribution in [2.45, 2.75) is 115 Å². The highest BCUT2D eigenvalue weighted by molar-refractivity contribution is 7.80. The van der Waals surface area contributed by atoms with Crippen LogP contribution in [0.1, 0.15) is 72.1 Å². The van der Waals surface area contributed by atoms with Gasteiger partial charge in [-0.25, -0.2) is 4.18 Å². The Labute approximate surface area is 257 Å². The fourth-order valence-electron chi connectivity index (χ4n) is 9.58. The Balaban J connectivity index is 1.47. The number of rotatable bonds is 9. The van der Waals surface area contributed by atoms with Crippen molar-refractivity contribution in [3.8, 4) is 0 Å².